The highest BCUT2D eigenvalue weighted by Crippen LogP contribution is 2.27. The molecular weight excluding hydrogens is 316 g/mol. The van der Waals surface area contributed by atoms with E-state index in [0.29, 0.717) is 37.6 Å². The Hall–Kier alpha value is -2.81. The van der Waals surface area contributed by atoms with E-state index in [4.69, 9.17) is 9.72 Å². The largest absolute Gasteiger partial charge is 0.497 e. The lowest BCUT2D eigenvalue weighted by atomic mass is 10.1. The molecule has 3 rings (SSSR count). The van der Waals surface area contributed by atoms with E-state index in [-0.39, 0.29) is 11.8 Å². The first-order valence-corrected chi connectivity index (χ1v) is 8.46. The maximum absolute atomic E-state index is 12.1. The van der Waals surface area contributed by atoms with Crippen LogP contribution in [0.15, 0.2) is 24.3 Å². The SMILES string of the molecule is COc1ccc2nc(N3CCN(C(=O)C(C)C)CC3)c(C#N)cc2c1. The Kier molecular flexibility index (Phi) is 4.75. The summed E-state index contributed by atoms with van der Waals surface area (Å²) in [6.07, 6.45) is 0. The predicted octanol–water partition coefficient (Wildman–Crippen LogP) is 2.42. The van der Waals surface area contributed by atoms with Crippen molar-refractivity contribution in [1.82, 2.24) is 9.88 Å². The first kappa shape index (κ1) is 17.0. The van der Waals surface area contributed by atoms with Gasteiger partial charge in [-0.25, -0.2) is 4.98 Å². The number of fused-ring (bicyclic) bond motifs is 1. The fraction of sp³-hybridized carbons (Fsp3) is 0.421. The second kappa shape index (κ2) is 6.98. The number of carbonyl (C=O) groups is 1. The van der Waals surface area contributed by atoms with Crippen LogP contribution in [0.3, 0.4) is 0 Å². The van der Waals surface area contributed by atoms with Crippen LogP contribution in [-0.4, -0.2) is 49.1 Å². The van der Waals surface area contributed by atoms with Gasteiger partial charge in [0.2, 0.25) is 5.91 Å². The number of piperazine rings is 1. The van der Waals surface area contributed by atoms with Crippen molar-refractivity contribution in [2.24, 2.45) is 5.92 Å². The minimum Gasteiger partial charge on any atom is -0.497 e. The molecule has 130 valence electrons. The summed E-state index contributed by atoms with van der Waals surface area (Å²) in [6, 6.07) is 9.75. The number of nitrogens with zero attached hydrogens (tertiary/aromatic N) is 4. The summed E-state index contributed by atoms with van der Waals surface area (Å²) in [4.78, 5) is 20.8. The van der Waals surface area contributed by atoms with Gasteiger partial charge in [0, 0.05) is 37.5 Å². The minimum atomic E-state index is 0.00925. The number of methoxy groups -OCH3 is 1. The average molecular weight is 338 g/mol. The predicted molar refractivity (Wildman–Crippen MR) is 96.6 cm³/mol. The van der Waals surface area contributed by atoms with Gasteiger partial charge in [-0.15, -0.1) is 0 Å². The van der Waals surface area contributed by atoms with Gasteiger partial charge in [0.25, 0.3) is 0 Å². The van der Waals surface area contributed by atoms with Crippen LogP contribution in [0.2, 0.25) is 0 Å². The van der Waals surface area contributed by atoms with Gasteiger partial charge in [0.1, 0.15) is 17.6 Å². The van der Waals surface area contributed by atoms with E-state index >= 15 is 0 Å². The molecule has 0 bridgehead atoms. The Bertz CT molecular complexity index is 833. The molecule has 1 aliphatic heterocycles. The Morgan fingerprint density at radius 2 is 1.96 bits per heavy atom. The molecule has 0 saturated carbocycles. The van der Waals surface area contributed by atoms with Crippen LogP contribution in [0.4, 0.5) is 5.82 Å². The Labute approximate surface area is 147 Å². The zero-order valence-electron chi connectivity index (χ0n) is 14.8. The summed E-state index contributed by atoms with van der Waals surface area (Å²) in [6.45, 7) is 6.52. The lowest BCUT2D eigenvalue weighted by Gasteiger charge is -2.36. The van der Waals surface area contributed by atoms with Gasteiger partial charge < -0.3 is 14.5 Å². The van der Waals surface area contributed by atoms with Crippen LogP contribution in [0.25, 0.3) is 10.9 Å². The van der Waals surface area contributed by atoms with Crippen molar-refractivity contribution in [3.8, 4) is 11.8 Å². The smallest absolute Gasteiger partial charge is 0.225 e. The molecule has 6 heteroatoms. The number of anilines is 1. The normalized spacial score (nSPS) is 14.7. The van der Waals surface area contributed by atoms with Crippen molar-refractivity contribution in [2.45, 2.75) is 13.8 Å². The number of nitriles is 1. The standard InChI is InChI=1S/C19H22N4O2/c1-13(2)19(24)23-8-6-22(7-9-23)18-15(12-20)10-14-11-16(25-3)4-5-17(14)21-18/h4-5,10-11,13H,6-9H2,1-3H3. The van der Waals surface area contributed by atoms with E-state index in [1.807, 2.05) is 43.0 Å². The van der Waals surface area contributed by atoms with Crippen LogP contribution in [-0.2, 0) is 4.79 Å². The molecule has 2 heterocycles. The molecule has 1 fully saturated rings. The van der Waals surface area contributed by atoms with Gasteiger partial charge in [0.15, 0.2) is 0 Å². The molecule has 0 unspecified atom stereocenters. The van der Waals surface area contributed by atoms with E-state index in [1.54, 1.807) is 7.11 Å². The van der Waals surface area contributed by atoms with Gasteiger partial charge in [-0.05, 0) is 24.3 Å². The lowest BCUT2D eigenvalue weighted by Crippen LogP contribution is -2.50. The van der Waals surface area contributed by atoms with E-state index in [1.165, 1.54) is 0 Å². The van der Waals surface area contributed by atoms with Crippen molar-refractivity contribution < 1.29 is 9.53 Å². The first-order chi connectivity index (χ1) is 12.0. The van der Waals surface area contributed by atoms with Crippen molar-refractivity contribution in [2.75, 3.05) is 38.2 Å². The summed E-state index contributed by atoms with van der Waals surface area (Å²) < 4.78 is 5.24. The number of hydrogen-bond acceptors (Lipinski definition) is 5. The second-order valence-corrected chi connectivity index (χ2v) is 6.50. The van der Waals surface area contributed by atoms with Gasteiger partial charge in [-0.1, -0.05) is 13.8 Å². The molecule has 0 radical (unpaired) electrons. The van der Waals surface area contributed by atoms with E-state index in [0.717, 1.165) is 16.7 Å². The fourth-order valence-electron chi connectivity index (χ4n) is 3.10. The molecular formula is C19H22N4O2. The molecule has 1 aliphatic rings. The highest BCUT2D eigenvalue weighted by atomic mass is 16.5. The zero-order valence-corrected chi connectivity index (χ0v) is 14.8. The molecule has 0 N–H and O–H groups in total. The molecule has 1 aromatic carbocycles. The first-order valence-electron chi connectivity index (χ1n) is 8.46. The number of benzene rings is 1. The number of aromatic nitrogens is 1. The minimum absolute atomic E-state index is 0.00925. The summed E-state index contributed by atoms with van der Waals surface area (Å²) in [5.41, 5.74) is 1.37. The summed E-state index contributed by atoms with van der Waals surface area (Å²) in [7, 11) is 1.62. The van der Waals surface area contributed by atoms with Crippen LogP contribution in [0, 0.1) is 17.2 Å². The van der Waals surface area contributed by atoms with Crippen molar-refractivity contribution in [3.05, 3.63) is 29.8 Å². The molecule has 2 aromatic rings. The van der Waals surface area contributed by atoms with Gasteiger partial charge >= 0.3 is 0 Å². The molecule has 0 atom stereocenters. The van der Waals surface area contributed by atoms with Crippen molar-refractivity contribution in [1.29, 1.82) is 5.26 Å². The Balaban J connectivity index is 1.86. The zero-order chi connectivity index (χ0) is 18.0. The third-order valence-corrected chi connectivity index (χ3v) is 4.51. The van der Waals surface area contributed by atoms with Crippen LogP contribution >= 0.6 is 0 Å². The molecule has 25 heavy (non-hydrogen) atoms. The summed E-state index contributed by atoms with van der Waals surface area (Å²) >= 11 is 0. The topological polar surface area (TPSA) is 69.5 Å². The molecule has 0 aliphatic carbocycles. The monoisotopic (exact) mass is 338 g/mol. The quantitative estimate of drug-likeness (QED) is 0.860. The number of ether oxygens (including phenoxy) is 1. The molecule has 1 amide bonds. The highest BCUT2D eigenvalue weighted by molar-refractivity contribution is 5.84. The summed E-state index contributed by atoms with van der Waals surface area (Å²) in [5, 5.41) is 10.4. The van der Waals surface area contributed by atoms with Gasteiger partial charge in [-0.3, -0.25) is 4.79 Å². The van der Waals surface area contributed by atoms with Gasteiger partial charge in [-0.2, -0.15) is 5.26 Å². The van der Waals surface area contributed by atoms with Gasteiger partial charge in [0.05, 0.1) is 18.2 Å². The second-order valence-electron chi connectivity index (χ2n) is 6.50. The lowest BCUT2D eigenvalue weighted by molar-refractivity contribution is -0.134. The van der Waals surface area contributed by atoms with E-state index in [9.17, 15) is 10.1 Å². The third kappa shape index (κ3) is 3.36. The number of amides is 1. The number of hydrogen-bond donors (Lipinski definition) is 0. The molecule has 6 nitrogen and oxygen atoms in total. The molecule has 0 spiro atoms. The summed E-state index contributed by atoms with van der Waals surface area (Å²) in [5.74, 6) is 1.62. The van der Waals surface area contributed by atoms with Crippen LogP contribution < -0.4 is 9.64 Å². The third-order valence-electron chi connectivity index (χ3n) is 4.51. The maximum Gasteiger partial charge on any atom is 0.225 e. The maximum atomic E-state index is 12.1. The highest BCUT2D eigenvalue weighted by Gasteiger charge is 2.25. The van der Waals surface area contributed by atoms with Crippen LogP contribution in [0.5, 0.6) is 5.75 Å². The van der Waals surface area contributed by atoms with Crippen LogP contribution in [0.1, 0.15) is 19.4 Å². The number of pyridine rings is 1. The van der Waals surface area contributed by atoms with Crippen molar-refractivity contribution >= 4 is 22.6 Å². The van der Waals surface area contributed by atoms with E-state index < -0.39 is 0 Å². The number of rotatable bonds is 3. The Morgan fingerprint density at radius 1 is 1.24 bits per heavy atom. The fourth-order valence-corrected chi connectivity index (χ4v) is 3.10. The number of carbonyl (C=O) groups excluding carboxylic acids is 1. The Morgan fingerprint density at radius 3 is 2.56 bits per heavy atom. The average Bonchev–Trinajstić information content (AvgIpc) is 2.65. The van der Waals surface area contributed by atoms with E-state index in [2.05, 4.69) is 11.0 Å². The van der Waals surface area contributed by atoms with Crippen molar-refractivity contribution in [3.63, 3.8) is 0 Å². The molecule has 1 aromatic heterocycles. The molecule has 1 saturated heterocycles.